The normalized spacial score (nSPS) is 16.2. The fourth-order valence-corrected chi connectivity index (χ4v) is 2.02. The van der Waals surface area contributed by atoms with E-state index in [-0.39, 0.29) is 5.91 Å². The number of anilines is 1. The van der Waals surface area contributed by atoms with Crippen LogP contribution < -0.4 is 4.90 Å². The van der Waals surface area contributed by atoms with Crippen LogP contribution in [0, 0.1) is 16.7 Å². The van der Waals surface area contributed by atoms with Crippen molar-refractivity contribution in [1.29, 1.82) is 5.26 Å². The van der Waals surface area contributed by atoms with Gasteiger partial charge in [-0.25, -0.2) is 0 Å². The van der Waals surface area contributed by atoms with E-state index in [9.17, 15) is 4.79 Å². The predicted molar refractivity (Wildman–Crippen MR) is 71.2 cm³/mol. The summed E-state index contributed by atoms with van der Waals surface area (Å²) >= 11 is 0. The summed E-state index contributed by atoms with van der Waals surface area (Å²) in [4.78, 5) is 13.8. The molecule has 1 fully saturated rings. The lowest BCUT2D eigenvalue weighted by atomic mass is 10.0. The van der Waals surface area contributed by atoms with E-state index in [2.05, 4.69) is 19.9 Å². The van der Waals surface area contributed by atoms with E-state index in [1.807, 2.05) is 24.3 Å². The lowest BCUT2D eigenvalue weighted by Crippen LogP contribution is -2.33. The van der Waals surface area contributed by atoms with Gasteiger partial charge in [-0.2, -0.15) is 5.26 Å². The molecule has 1 aliphatic carbocycles. The summed E-state index contributed by atoms with van der Waals surface area (Å²) < 4.78 is 0. The van der Waals surface area contributed by atoms with Crippen LogP contribution in [0.15, 0.2) is 24.3 Å². The third kappa shape index (κ3) is 2.11. The van der Waals surface area contributed by atoms with Gasteiger partial charge in [-0.05, 0) is 36.5 Å². The van der Waals surface area contributed by atoms with E-state index in [0.29, 0.717) is 18.8 Å². The minimum atomic E-state index is -0.745. The van der Waals surface area contributed by atoms with Crippen LogP contribution in [0.2, 0.25) is 0 Å². The number of carbonyl (C=O) groups excluding carboxylic acids is 1. The van der Waals surface area contributed by atoms with E-state index in [4.69, 9.17) is 5.26 Å². The maximum Gasteiger partial charge on any atom is 0.247 e. The van der Waals surface area contributed by atoms with Crippen LogP contribution in [0.5, 0.6) is 0 Å². The minimum absolute atomic E-state index is 0.0812. The Morgan fingerprint density at radius 3 is 2.28 bits per heavy atom. The molecule has 3 nitrogen and oxygen atoms in total. The standard InChI is InChI=1S/C15H18N2O/c1-11(2)12-4-6-13(7-5-12)17(3)14(18)15(10-16)8-9-15/h4-7,11H,8-9H2,1-3H3. The maximum atomic E-state index is 12.2. The third-order valence-electron chi connectivity index (χ3n) is 3.63. The Balaban J connectivity index is 2.17. The molecular weight excluding hydrogens is 224 g/mol. The molecule has 1 amide bonds. The van der Waals surface area contributed by atoms with Crippen LogP contribution in [0.25, 0.3) is 0 Å². The number of hydrogen-bond acceptors (Lipinski definition) is 2. The lowest BCUT2D eigenvalue weighted by molar-refractivity contribution is -0.121. The van der Waals surface area contributed by atoms with E-state index < -0.39 is 5.41 Å². The van der Waals surface area contributed by atoms with Gasteiger partial charge in [-0.15, -0.1) is 0 Å². The zero-order valence-corrected chi connectivity index (χ0v) is 11.1. The van der Waals surface area contributed by atoms with Gasteiger partial charge in [0.2, 0.25) is 5.91 Å². The summed E-state index contributed by atoms with van der Waals surface area (Å²) in [6.45, 7) is 4.28. The summed E-state index contributed by atoms with van der Waals surface area (Å²) in [5.74, 6) is 0.399. The van der Waals surface area contributed by atoms with Crippen LogP contribution >= 0.6 is 0 Å². The van der Waals surface area contributed by atoms with Crippen LogP contribution in [-0.4, -0.2) is 13.0 Å². The highest BCUT2D eigenvalue weighted by Crippen LogP contribution is 2.46. The van der Waals surface area contributed by atoms with Crippen LogP contribution in [0.3, 0.4) is 0 Å². The molecule has 2 rings (SSSR count). The van der Waals surface area contributed by atoms with Crippen LogP contribution in [0.1, 0.15) is 38.2 Å². The molecule has 0 aliphatic heterocycles. The van der Waals surface area contributed by atoms with Crippen molar-refractivity contribution in [3.63, 3.8) is 0 Å². The molecule has 0 spiro atoms. The van der Waals surface area contributed by atoms with Crippen LogP contribution in [-0.2, 0) is 4.79 Å². The topological polar surface area (TPSA) is 44.1 Å². The van der Waals surface area contributed by atoms with Crippen molar-refractivity contribution in [2.45, 2.75) is 32.6 Å². The molecule has 0 heterocycles. The molecule has 1 aromatic carbocycles. The Kier molecular flexibility index (Phi) is 3.13. The fourth-order valence-electron chi connectivity index (χ4n) is 2.02. The molecule has 0 N–H and O–H groups in total. The molecule has 1 saturated carbocycles. The molecule has 0 bridgehead atoms. The molecule has 1 aromatic rings. The van der Waals surface area contributed by atoms with Crippen molar-refractivity contribution in [2.24, 2.45) is 5.41 Å². The molecule has 3 heteroatoms. The van der Waals surface area contributed by atoms with Gasteiger partial charge < -0.3 is 4.90 Å². The maximum absolute atomic E-state index is 12.2. The number of carbonyl (C=O) groups is 1. The van der Waals surface area contributed by atoms with E-state index in [0.717, 1.165) is 5.69 Å². The lowest BCUT2D eigenvalue weighted by Gasteiger charge is -2.20. The van der Waals surface area contributed by atoms with Gasteiger partial charge in [-0.3, -0.25) is 4.79 Å². The number of amides is 1. The molecule has 0 aromatic heterocycles. The fraction of sp³-hybridized carbons (Fsp3) is 0.467. The van der Waals surface area contributed by atoms with Gasteiger partial charge >= 0.3 is 0 Å². The molecular formula is C15H18N2O. The minimum Gasteiger partial charge on any atom is -0.314 e. The third-order valence-corrected chi connectivity index (χ3v) is 3.63. The Bertz CT molecular complexity index is 492. The Labute approximate surface area is 108 Å². The first-order valence-electron chi connectivity index (χ1n) is 6.29. The Morgan fingerprint density at radius 1 is 1.33 bits per heavy atom. The average Bonchev–Trinajstić information content (AvgIpc) is 3.18. The number of hydrogen-bond donors (Lipinski definition) is 0. The highest BCUT2D eigenvalue weighted by atomic mass is 16.2. The van der Waals surface area contributed by atoms with Crippen molar-refractivity contribution in [3.05, 3.63) is 29.8 Å². The van der Waals surface area contributed by atoms with Crippen molar-refractivity contribution in [1.82, 2.24) is 0 Å². The van der Waals surface area contributed by atoms with E-state index >= 15 is 0 Å². The second-order valence-corrected chi connectivity index (χ2v) is 5.30. The smallest absolute Gasteiger partial charge is 0.247 e. The molecule has 0 saturated heterocycles. The zero-order chi connectivity index (χ0) is 13.3. The summed E-state index contributed by atoms with van der Waals surface area (Å²) in [5, 5.41) is 9.04. The van der Waals surface area contributed by atoms with E-state index in [1.54, 1.807) is 11.9 Å². The van der Waals surface area contributed by atoms with Crippen molar-refractivity contribution in [3.8, 4) is 6.07 Å². The molecule has 1 aliphatic rings. The summed E-state index contributed by atoms with van der Waals surface area (Å²) in [7, 11) is 1.74. The van der Waals surface area contributed by atoms with Gasteiger partial charge in [0.25, 0.3) is 0 Å². The highest BCUT2D eigenvalue weighted by molar-refractivity contribution is 6.00. The molecule has 0 unspecified atom stereocenters. The monoisotopic (exact) mass is 242 g/mol. The predicted octanol–water partition coefficient (Wildman–Crippen LogP) is 3.08. The van der Waals surface area contributed by atoms with E-state index in [1.165, 1.54) is 5.56 Å². The second kappa shape index (κ2) is 4.45. The number of nitriles is 1. The summed E-state index contributed by atoms with van der Waals surface area (Å²) in [6, 6.07) is 10.1. The van der Waals surface area contributed by atoms with Gasteiger partial charge in [0.15, 0.2) is 0 Å². The largest absolute Gasteiger partial charge is 0.314 e. The number of rotatable bonds is 3. The quantitative estimate of drug-likeness (QED) is 0.817. The van der Waals surface area contributed by atoms with Gasteiger partial charge in [0, 0.05) is 12.7 Å². The first-order chi connectivity index (χ1) is 8.50. The van der Waals surface area contributed by atoms with Gasteiger partial charge in [0.05, 0.1) is 6.07 Å². The van der Waals surface area contributed by atoms with Gasteiger partial charge in [-0.1, -0.05) is 26.0 Å². The molecule has 0 atom stereocenters. The average molecular weight is 242 g/mol. The first kappa shape index (κ1) is 12.6. The summed E-state index contributed by atoms with van der Waals surface area (Å²) in [6.07, 6.45) is 1.38. The number of nitrogens with zero attached hydrogens (tertiary/aromatic N) is 2. The van der Waals surface area contributed by atoms with Gasteiger partial charge in [0.1, 0.15) is 5.41 Å². The van der Waals surface area contributed by atoms with Crippen molar-refractivity contribution in [2.75, 3.05) is 11.9 Å². The molecule has 94 valence electrons. The summed E-state index contributed by atoms with van der Waals surface area (Å²) in [5.41, 5.74) is 1.36. The molecule has 18 heavy (non-hydrogen) atoms. The first-order valence-corrected chi connectivity index (χ1v) is 6.29. The number of benzene rings is 1. The second-order valence-electron chi connectivity index (χ2n) is 5.30. The highest BCUT2D eigenvalue weighted by Gasteiger charge is 2.52. The van der Waals surface area contributed by atoms with Crippen molar-refractivity contribution < 1.29 is 4.79 Å². The Morgan fingerprint density at radius 2 is 1.89 bits per heavy atom. The zero-order valence-electron chi connectivity index (χ0n) is 11.1. The van der Waals surface area contributed by atoms with Crippen molar-refractivity contribution >= 4 is 11.6 Å². The van der Waals surface area contributed by atoms with Crippen LogP contribution in [0.4, 0.5) is 5.69 Å². The Hall–Kier alpha value is -1.82. The molecule has 0 radical (unpaired) electrons. The SMILES string of the molecule is CC(C)c1ccc(N(C)C(=O)C2(C#N)CC2)cc1.